The molecule has 1 aliphatic carbocycles. The summed E-state index contributed by atoms with van der Waals surface area (Å²) >= 11 is 3.52. The summed E-state index contributed by atoms with van der Waals surface area (Å²) in [6.07, 6.45) is 3.69. The van der Waals surface area contributed by atoms with Crippen LogP contribution in [-0.4, -0.2) is 64.4 Å². The fourth-order valence-electron chi connectivity index (χ4n) is 4.05. The third-order valence-electron chi connectivity index (χ3n) is 5.53. The number of amides is 2. The SMILES string of the molecule is CCOC(=O)N1CCN(C(=O)c2nn(-c3cccc(Br)c3)c3c2CCCC3)CC1. The molecule has 0 N–H and O–H groups in total. The number of aromatic nitrogens is 2. The van der Waals surface area contributed by atoms with Crippen LogP contribution in [0.1, 0.15) is 41.5 Å². The van der Waals surface area contributed by atoms with E-state index in [-0.39, 0.29) is 12.0 Å². The van der Waals surface area contributed by atoms with E-state index in [1.807, 2.05) is 28.9 Å². The number of fused-ring (bicyclic) bond motifs is 1. The van der Waals surface area contributed by atoms with Gasteiger partial charge in [-0.2, -0.15) is 5.10 Å². The molecule has 0 saturated carbocycles. The number of halogens is 1. The molecule has 29 heavy (non-hydrogen) atoms. The predicted octanol–water partition coefficient (Wildman–Crippen LogP) is 3.43. The highest BCUT2D eigenvalue weighted by atomic mass is 79.9. The van der Waals surface area contributed by atoms with Gasteiger partial charge in [0.1, 0.15) is 0 Å². The number of hydrogen-bond acceptors (Lipinski definition) is 4. The molecule has 2 aliphatic rings. The van der Waals surface area contributed by atoms with Gasteiger partial charge in [0, 0.05) is 41.9 Å². The molecule has 4 rings (SSSR count). The molecule has 8 heteroatoms. The lowest BCUT2D eigenvalue weighted by Gasteiger charge is -2.33. The molecule has 7 nitrogen and oxygen atoms in total. The van der Waals surface area contributed by atoms with Crippen LogP contribution in [0.5, 0.6) is 0 Å². The van der Waals surface area contributed by atoms with E-state index in [1.54, 1.807) is 16.7 Å². The molecule has 2 amide bonds. The number of benzene rings is 1. The van der Waals surface area contributed by atoms with Crippen molar-refractivity contribution in [2.24, 2.45) is 0 Å². The molecule has 154 valence electrons. The lowest BCUT2D eigenvalue weighted by atomic mass is 9.95. The third kappa shape index (κ3) is 4.03. The Kier molecular flexibility index (Phi) is 5.89. The Hall–Kier alpha value is -2.35. The fourth-order valence-corrected chi connectivity index (χ4v) is 4.44. The van der Waals surface area contributed by atoms with E-state index >= 15 is 0 Å². The van der Waals surface area contributed by atoms with Gasteiger partial charge in [-0.25, -0.2) is 9.48 Å². The maximum Gasteiger partial charge on any atom is 0.409 e. The van der Waals surface area contributed by atoms with Crippen molar-refractivity contribution < 1.29 is 14.3 Å². The molecule has 0 radical (unpaired) electrons. The minimum Gasteiger partial charge on any atom is -0.450 e. The van der Waals surface area contributed by atoms with E-state index in [4.69, 9.17) is 9.84 Å². The van der Waals surface area contributed by atoms with Crippen molar-refractivity contribution in [3.8, 4) is 5.69 Å². The zero-order valence-corrected chi connectivity index (χ0v) is 18.2. The minimum atomic E-state index is -0.309. The molecule has 0 unspecified atom stereocenters. The van der Waals surface area contributed by atoms with E-state index < -0.39 is 0 Å². The zero-order chi connectivity index (χ0) is 20.4. The number of rotatable bonds is 3. The van der Waals surface area contributed by atoms with Crippen molar-refractivity contribution in [2.45, 2.75) is 32.6 Å². The third-order valence-corrected chi connectivity index (χ3v) is 6.02. The molecular formula is C21H25BrN4O3. The van der Waals surface area contributed by atoms with Gasteiger partial charge >= 0.3 is 6.09 Å². The monoisotopic (exact) mass is 460 g/mol. The molecule has 0 bridgehead atoms. The van der Waals surface area contributed by atoms with Crippen LogP contribution < -0.4 is 0 Å². The highest BCUT2D eigenvalue weighted by Crippen LogP contribution is 2.28. The van der Waals surface area contributed by atoms with E-state index in [2.05, 4.69) is 15.9 Å². The van der Waals surface area contributed by atoms with Crippen LogP contribution in [0.2, 0.25) is 0 Å². The maximum absolute atomic E-state index is 13.3. The van der Waals surface area contributed by atoms with Crippen molar-refractivity contribution >= 4 is 27.9 Å². The number of piperazine rings is 1. The Bertz CT molecular complexity index is 919. The van der Waals surface area contributed by atoms with Gasteiger partial charge in [-0.3, -0.25) is 4.79 Å². The summed E-state index contributed by atoms with van der Waals surface area (Å²) in [7, 11) is 0. The van der Waals surface area contributed by atoms with Gasteiger partial charge in [0.15, 0.2) is 5.69 Å². The highest BCUT2D eigenvalue weighted by Gasteiger charge is 2.31. The van der Waals surface area contributed by atoms with E-state index in [0.717, 1.165) is 47.1 Å². The van der Waals surface area contributed by atoms with Crippen molar-refractivity contribution in [1.82, 2.24) is 19.6 Å². The minimum absolute atomic E-state index is 0.0413. The number of hydrogen-bond donors (Lipinski definition) is 0. The summed E-state index contributed by atoms with van der Waals surface area (Å²) in [4.78, 5) is 28.7. The van der Waals surface area contributed by atoms with E-state index in [9.17, 15) is 9.59 Å². The average Bonchev–Trinajstić information content (AvgIpc) is 3.13. The second-order valence-corrected chi connectivity index (χ2v) is 8.27. The first-order valence-corrected chi connectivity index (χ1v) is 11.0. The second kappa shape index (κ2) is 8.57. The van der Waals surface area contributed by atoms with Crippen molar-refractivity contribution in [3.63, 3.8) is 0 Å². The second-order valence-electron chi connectivity index (χ2n) is 7.35. The Morgan fingerprint density at radius 2 is 1.83 bits per heavy atom. The topological polar surface area (TPSA) is 67.7 Å². The number of ether oxygens (including phenoxy) is 1. The lowest BCUT2D eigenvalue weighted by molar-refractivity contribution is 0.0564. The van der Waals surface area contributed by atoms with Crippen LogP contribution >= 0.6 is 15.9 Å². The van der Waals surface area contributed by atoms with Crippen LogP contribution in [0.25, 0.3) is 5.69 Å². The van der Waals surface area contributed by atoms with Gasteiger partial charge in [0.2, 0.25) is 0 Å². The summed E-state index contributed by atoms with van der Waals surface area (Å²) in [5, 5.41) is 4.76. The summed E-state index contributed by atoms with van der Waals surface area (Å²) in [5.41, 5.74) is 3.74. The first-order chi connectivity index (χ1) is 14.1. The van der Waals surface area contributed by atoms with Gasteiger partial charge < -0.3 is 14.5 Å². The summed E-state index contributed by atoms with van der Waals surface area (Å²) < 4.78 is 7.98. The van der Waals surface area contributed by atoms with Crippen LogP contribution in [0.4, 0.5) is 4.79 Å². The van der Waals surface area contributed by atoms with Gasteiger partial charge in [-0.15, -0.1) is 0 Å². The normalized spacial score (nSPS) is 16.5. The largest absolute Gasteiger partial charge is 0.450 e. The lowest BCUT2D eigenvalue weighted by Crippen LogP contribution is -2.51. The van der Waals surface area contributed by atoms with Crippen LogP contribution in [0.3, 0.4) is 0 Å². The van der Waals surface area contributed by atoms with E-state index in [1.165, 1.54) is 0 Å². The van der Waals surface area contributed by atoms with Gasteiger partial charge in [0.25, 0.3) is 5.91 Å². The Balaban J connectivity index is 1.57. The standard InChI is InChI=1S/C21H25BrN4O3/c1-2-29-21(28)25-12-10-24(11-13-25)20(27)19-17-8-3-4-9-18(17)26(23-19)16-7-5-6-15(22)14-16/h5-7,14H,2-4,8-13H2,1H3. The Morgan fingerprint density at radius 1 is 1.10 bits per heavy atom. The summed E-state index contributed by atoms with van der Waals surface area (Å²) in [5.74, 6) is -0.0413. The average molecular weight is 461 g/mol. The molecule has 1 aromatic carbocycles. The number of nitrogens with zero attached hydrogens (tertiary/aromatic N) is 4. The molecule has 1 aliphatic heterocycles. The van der Waals surface area contributed by atoms with Gasteiger partial charge in [-0.05, 0) is 50.8 Å². The van der Waals surface area contributed by atoms with Gasteiger partial charge in [-0.1, -0.05) is 22.0 Å². The Morgan fingerprint density at radius 3 is 2.55 bits per heavy atom. The number of carbonyl (C=O) groups excluding carboxylic acids is 2. The smallest absolute Gasteiger partial charge is 0.409 e. The molecular weight excluding hydrogens is 436 g/mol. The van der Waals surface area contributed by atoms with Crippen molar-refractivity contribution in [3.05, 3.63) is 45.7 Å². The van der Waals surface area contributed by atoms with Gasteiger partial charge in [0.05, 0.1) is 12.3 Å². The molecule has 1 fully saturated rings. The highest BCUT2D eigenvalue weighted by molar-refractivity contribution is 9.10. The summed E-state index contributed by atoms with van der Waals surface area (Å²) in [6, 6.07) is 7.99. The molecule has 0 atom stereocenters. The first kappa shape index (κ1) is 19.9. The molecule has 2 heterocycles. The summed E-state index contributed by atoms with van der Waals surface area (Å²) in [6.45, 7) is 4.12. The van der Waals surface area contributed by atoms with Crippen LogP contribution in [-0.2, 0) is 17.6 Å². The first-order valence-electron chi connectivity index (χ1n) is 10.2. The number of carbonyl (C=O) groups is 2. The molecule has 2 aromatic rings. The molecule has 1 saturated heterocycles. The van der Waals surface area contributed by atoms with Crippen LogP contribution in [0.15, 0.2) is 28.7 Å². The Labute approximate surface area is 178 Å². The van der Waals surface area contributed by atoms with Crippen LogP contribution in [0, 0.1) is 0 Å². The van der Waals surface area contributed by atoms with E-state index in [0.29, 0.717) is 38.5 Å². The zero-order valence-electron chi connectivity index (χ0n) is 16.6. The molecule has 0 spiro atoms. The molecule has 1 aromatic heterocycles. The quantitative estimate of drug-likeness (QED) is 0.703. The fraction of sp³-hybridized carbons (Fsp3) is 0.476. The van der Waals surface area contributed by atoms with Crippen molar-refractivity contribution in [2.75, 3.05) is 32.8 Å². The predicted molar refractivity (Wildman–Crippen MR) is 112 cm³/mol. The maximum atomic E-state index is 13.3. The van der Waals surface area contributed by atoms with Crippen molar-refractivity contribution in [1.29, 1.82) is 0 Å².